The number of nitrogens with zero attached hydrogens (tertiary/aromatic N) is 7. The van der Waals surface area contributed by atoms with Crippen molar-refractivity contribution in [2.24, 2.45) is 5.41 Å². The highest BCUT2D eigenvalue weighted by Gasteiger charge is 2.37. The Kier molecular flexibility index (Phi) is 11.3. The molecule has 0 radical (unpaired) electrons. The van der Waals surface area contributed by atoms with Gasteiger partial charge in [0.15, 0.2) is 0 Å². The minimum absolute atomic E-state index is 0.117. The van der Waals surface area contributed by atoms with Crippen LogP contribution in [-0.2, 0) is 37.4 Å². The summed E-state index contributed by atoms with van der Waals surface area (Å²) in [7, 11) is 2.13. The average molecular weight is 810 g/mol. The molecule has 15 heteroatoms. The van der Waals surface area contributed by atoms with Gasteiger partial charge in [-0.15, -0.1) is 11.3 Å². The first-order valence-corrected chi connectivity index (χ1v) is 21.0. The number of aromatic nitrogens is 3. The highest BCUT2D eigenvalue weighted by atomic mass is 32.1. The third-order valence-electron chi connectivity index (χ3n) is 11.0. The predicted molar refractivity (Wildman–Crippen MR) is 224 cm³/mol. The van der Waals surface area contributed by atoms with Gasteiger partial charge in [-0.3, -0.25) is 14.6 Å². The van der Waals surface area contributed by atoms with Crippen LogP contribution in [0.2, 0.25) is 0 Å². The second-order valence-electron chi connectivity index (χ2n) is 18.1. The molecule has 0 aliphatic carbocycles. The van der Waals surface area contributed by atoms with Gasteiger partial charge in [-0.1, -0.05) is 19.9 Å². The third kappa shape index (κ3) is 8.84. The zero-order valence-corrected chi connectivity index (χ0v) is 35.7. The molecule has 1 aromatic carbocycles. The van der Waals surface area contributed by atoms with Crippen LogP contribution in [-0.4, -0.2) is 106 Å². The number of esters is 1. The number of hydrogen-bond acceptors (Lipinski definition) is 12. The lowest BCUT2D eigenvalue weighted by molar-refractivity contribution is -0.155. The van der Waals surface area contributed by atoms with Crippen LogP contribution >= 0.6 is 11.3 Å². The largest absolute Gasteiger partial charge is 0.464 e. The molecular weight excluding hydrogens is 755 g/mol. The molecule has 2 N–H and O–H groups in total. The Balaban J connectivity index is 1.37. The van der Waals surface area contributed by atoms with E-state index in [2.05, 4.69) is 70.3 Å². The molecule has 3 aliphatic heterocycles. The summed E-state index contributed by atoms with van der Waals surface area (Å²) in [5.74, 6) is 0.0447. The number of nitriles is 1. The fraction of sp³-hybridized carbons (Fsp3) is 0.535. The van der Waals surface area contributed by atoms with E-state index >= 15 is 0 Å². The van der Waals surface area contributed by atoms with Crippen molar-refractivity contribution in [3.8, 4) is 28.6 Å². The molecule has 2 atom stereocenters. The number of fused-ring (bicyclic) bond motifs is 6. The molecule has 6 heterocycles. The summed E-state index contributed by atoms with van der Waals surface area (Å²) in [6.07, 6.45) is 2.84. The molecule has 2 saturated heterocycles. The molecule has 2 amide bonds. The van der Waals surface area contributed by atoms with E-state index in [1.165, 1.54) is 16.3 Å². The topological polar surface area (TPSA) is 158 Å². The molecule has 6 bridgehead atoms. The van der Waals surface area contributed by atoms with Gasteiger partial charge < -0.3 is 29.2 Å². The van der Waals surface area contributed by atoms with Crippen LogP contribution in [0.5, 0.6) is 0 Å². The van der Waals surface area contributed by atoms with Crippen LogP contribution in [0, 0.1) is 16.7 Å². The van der Waals surface area contributed by atoms with Crippen molar-refractivity contribution in [1.82, 2.24) is 35.2 Å². The minimum Gasteiger partial charge on any atom is -0.464 e. The van der Waals surface area contributed by atoms with Crippen LogP contribution in [0.4, 0.5) is 10.6 Å². The van der Waals surface area contributed by atoms with E-state index in [1.807, 2.05) is 37.6 Å². The monoisotopic (exact) mass is 809 g/mol. The summed E-state index contributed by atoms with van der Waals surface area (Å²) in [6, 6.07) is 11.2. The van der Waals surface area contributed by atoms with Crippen molar-refractivity contribution in [2.75, 3.05) is 51.3 Å². The molecule has 1 unspecified atom stereocenters. The number of carbonyl (C=O) groups excluding carboxylic acids is 3. The van der Waals surface area contributed by atoms with Gasteiger partial charge in [-0.2, -0.15) is 5.26 Å². The lowest BCUT2D eigenvalue weighted by atomic mass is 9.84. The molecule has 2 fully saturated rings. The molecule has 58 heavy (non-hydrogen) atoms. The first-order valence-electron chi connectivity index (χ1n) is 20.1. The average Bonchev–Trinajstić information content (AvgIpc) is 3.78. The summed E-state index contributed by atoms with van der Waals surface area (Å²) < 4.78 is 13.8. The van der Waals surface area contributed by atoms with Crippen LogP contribution < -0.4 is 15.6 Å². The Morgan fingerprint density at radius 3 is 2.55 bits per heavy atom. The van der Waals surface area contributed by atoms with Crippen molar-refractivity contribution in [3.05, 3.63) is 52.5 Å². The number of alkyl carbamates (subject to hydrolysis) is 1. The van der Waals surface area contributed by atoms with Gasteiger partial charge in [0.2, 0.25) is 0 Å². The molecule has 3 aliphatic rings. The maximum Gasteiger partial charge on any atom is 0.408 e. The maximum absolute atomic E-state index is 14.1. The van der Waals surface area contributed by atoms with Crippen molar-refractivity contribution in [3.63, 3.8) is 0 Å². The molecule has 0 spiro atoms. The van der Waals surface area contributed by atoms with E-state index in [9.17, 15) is 19.6 Å². The highest BCUT2D eigenvalue weighted by Crippen LogP contribution is 2.43. The molecule has 7 rings (SSSR count). The number of ether oxygens (including phenoxy) is 2. The summed E-state index contributed by atoms with van der Waals surface area (Å²) in [4.78, 5) is 55.3. The standard InChI is InChI=1S/C43H55N9O5S/c1-41(2,3)57-40(55)47-32-22-36-46-33(24-58-36)27-11-12-34-29(20-27)30(23-42(4,5)26-56-39(54)31-10-9-15-51(48-31)38(32)53)37(52(34)43(6,7)25-44)28-13-14-45-35(21-28)50-18-16-49(8)17-19-50/h11-14,20-21,24,31-32,48H,9-10,15-19,22-23,26H2,1-8H3,(H,47,55)/t31-,32?/m0/s1. The van der Waals surface area contributed by atoms with Gasteiger partial charge >= 0.3 is 12.1 Å². The SMILES string of the molecule is CN1CCN(c2cc(-c3c4c5cc(ccc5n3C(C)(C)C#N)-c3csc(n3)CC(NC(=O)OC(C)(C)C)C(=O)N3CCC[C@H](N3)C(=O)OCC(C)(C)C4)ccn2)CC1. The smallest absolute Gasteiger partial charge is 0.408 e. The number of amides is 2. The van der Waals surface area contributed by atoms with Crippen LogP contribution in [0.25, 0.3) is 33.4 Å². The van der Waals surface area contributed by atoms with Crippen molar-refractivity contribution < 1.29 is 23.9 Å². The quantitative estimate of drug-likeness (QED) is 0.237. The lowest BCUT2D eigenvalue weighted by Crippen LogP contribution is -2.60. The minimum atomic E-state index is -1.01. The Morgan fingerprint density at radius 2 is 1.83 bits per heavy atom. The summed E-state index contributed by atoms with van der Waals surface area (Å²) >= 11 is 1.41. The second-order valence-corrected chi connectivity index (χ2v) is 19.0. The number of pyridine rings is 1. The van der Waals surface area contributed by atoms with E-state index in [4.69, 9.17) is 19.4 Å². The van der Waals surface area contributed by atoms with Gasteiger partial charge in [0, 0.05) is 72.6 Å². The summed E-state index contributed by atoms with van der Waals surface area (Å²) in [6.45, 7) is 17.4. The number of piperazine rings is 1. The number of hydrazine groups is 1. The van der Waals surface area contributed by atoms with Gasteiger partial charge in [0.25, 0.3) is 5.91 Å². The van der Waals surface area contributed by atoms with Crippen LogP contribution in [0.15, 0.2) is 41.9 Å². The fourth-order valence-corrected chi connectivity index (χ4v) is 8.81. The number of benzene rings is 1. The van der Waals surface area contributed by atoms with E-state index in [1.54, 1.807) is 20.8 Å². The van der Waals surface area contributed by atoms with Crippen LogP contribution in [0.1, 0.15) is 71.9 Å². The Hall–Kier alpha value is -5.04. The molecule has 14 nitrogen and oxygen atoms in total. The number of anilines is 1. The van der Waals surface area contributed by atoms with Gasteiger partial charge in [-0.25, -0.2) is 20.2 Å². The maximum atomic E-state index is 14.1. The fourth-order valence-electron chi connectivity index (χ4n) is 7.96. The molecule has 3 aromatic heterocycles. The zero-order chi connectivity index (χ0) is 41.6. The number of carbonyl (C=O) groups is 3. The number of likely N-dealkylation sites (N-methyl/N-ethyl adjacent to an activating group) is 1. The first kappa shape index (κ1) is 41.1. The zero-order valence-electron chi connectivity index (χ0n) is 34.8. The number of hydrogen-bond donors (Lipinski definition) is 2. The molecule has 4 aromatic rings. The first-order chi connectivity index (χ1) is 27.4. The number of thiazole rings is 1. The van der Waals surface area contributed by atoms with Crippen molar-refractivity contribution in [1.29, 1.82) is 5.26 Å². The second kappa shape index (κ2) is 16.0. The highest BCUT2D eigenvalue weighted by molar-refractivity contribution is 7.10. The Morgan fingerprint density at radius 1 is 1.07 bits per heavy atom. The Bertz CT molecular complexity index is 2240. The molecular formula is C43H55N9O5S. The van der Waals surface area contributed by atoms with E-state index < -0.39 is 46.6 Å². The number of rotatable bonds is 4. The van der Waals surface area contributed by atoms with E-state index in [-0.39, 0.29) is 13.0 Å². The normalized spacial score (nSPS) is 20.9. The van der Waals surface area contributed by atoms with Crippen molar-refractivity contribution in [2.45, 2.75) is 97.4 Å². The summed E-state index contributed by atoms with van der Waals surface area (Å²) in [5.41, 5.74) is 6.25. The predicted octanol–water partition coefficient (Wildman–Crippen LogP) is 5.89. The molecule has 308 valence electrons. The van der Waals surface area contributed by atoms with Crippen LogP contribution in [0.3, 0.4) is 0 Å². The van der Waals surface area contributed by atoms with E-state index in [0.29, 0.717) is 30.8 Å². The molecule has 0 saturated carbocycles. The van der Waals surface area contributed by atoms with Gasteiger partial charge in [0.1, 0.15) is 29.0 Å². The number of cyclic esters (lactones) is 1. The van der Waals surface area contributed by atoms with Gasteiger partial charge in [-0.05, 0) is 90.8 Å². The van der Waals surface area contributed by atoms with Crippen molar-refractivity contribution >= 4 is 46.0 Å². The Labute approximate surface area is 344 Å². The van der Waals surface area contributed by atoms with Gasteiger partial charge in [0.05, 0.1) is 34.6 Å². The lowest BCUT2D eigenvalue weighted by Gasteiger charge is -2.35. The summed E-state index contributed by atoms with van der Waals surface area (Å²) in [5, 5.41) is 18.5. The number of nitrogens with one attached hydrogen (secondary N) is 2. The van der Waals surface area contributed by atoms with E-state index in [0.717, 1.165) is 71.0 Å². The third-order valence-corrected chi connectivity index (χ3v) is 11.8.